The van der Waals surface area contributed by atoms with Crippen LogP contribution in [0.25, 0.3) is 0 Å². The van der Waals surface area contributed by atoms with Gasteiger partial charge >= 0.3 is 11.9 Å². The lowest BCUT2D eigenvalue weighted by Crippen LogP contribution is -2.36. The SMILES string of the molecule is O=c1[nH]c(=O)n(C2CC(OCc3ccc(Cl)cc3)C(CO)O2)cc1C(F)(F)F. The molecule has 0 saturated carbocycles. The molecule has 1 aromatic heterocycles. The van der Waals surface area contributed by atoms with Crippen molar-refractivity contribution in [1.29, 1.82) is 0 Å². The van der Waals surface area contributed by atoms with Crippen molar-refractivity contribution >= 4 is 11.6 Å². The largest absolute Gasteiger partial charge is 0.423 e. The lowest BCUT2D eigenvalue weighted by molar-refractivity contribution is -0.139. The minimum atomic E-state index is -4.93. The van der Waals surface area contributed by atoms with Gasteiger partial charge in [-0.25, -0.2) is 4.79 Å². The molecule has 1 fully saturated rings. The predicted octanol–water partition coefficient (Wildman–Crippen LogP) is 2.07. The van der Waals surface area contributed by atoms with E-state index < -0.39 is 48.0 Å². The summed E-state index contributed by atoms with van der Waals surface area (Å²) in [6.45, 7) is -0.297. The number of H-pyrrole nitrogens is 1. The van der Waals surface area contributed by atoms with E-state index in [0.717, 1.165) is 5.56 Å². The van der Waals surface area contributed by atoms with Gasteiger partial charge in [0, 0.05) is 17.6 Å². The first kappa shape index (κ1) is 20.6. The normalized spacial score (nSPS) is 22.5. The Labute approximate surface area is 161 Å². The molecule has 2 aromatic rings. The number of alkyl halides is 3. The molecule has 3 unspecified atom stereocenters. The molecule has 152 valence electrons. The summed E-state index contributed by atoms with van der Waals surface area (Å²) in [5.41, 5.74) is -3.29. The number of rotatable bonds is 5. The number of nitrogens with zero attached hydrogens (tertiary/aromatic N) is 1. The molecule has 11 heteroatoms. The molecule has 1 aliphatic rings. The third-order valence-electron chi connectivity index (χ3n) is 4.32. The Morgan fingerprint density at radius 2 is 1.96 bits per heavy atom. The molecule has 0 aliphatic carbocycles. The summed E-state index contributed by atoms with van der Waals surface area (Å²) >= 11 is 5.81. The van der Waals surface area contributed by atoms with Gasteiger partial charge in [0.05, 0.1) is 19.3 Å². The fourth-order valence-corrected chi connectivity index (χ4v) is 3.02. The van der Waals surface area contributed by atoms with E-state index in [2.05, 4.69) is 0 Å². The average Bonchev–Trinajstić information content (AvgIpc) is 3.03. The van der Waals surface area contributed by atoms with Crippen LogP contribution < -0.4 is 11.2 Å². The lowest BCUT2D eigenvalue weighted by atomic mass is 10.1. The molecule has 2 N–H and O–H groups in total. The summed E-state index contributed by atoms with van der Waals surface area (Å²) in [5.74, 6) is 0. The summed E-state index contributed by atoms with van der Waals surface area (Å²) in [5, 5.41) is 10.0. The van der Waals surface area contributed by atoms with Gasteiger partial charge in [-0.2, -0.15) is 13.2 Å². The van der Waals surface area contributed by atoms with Crippen LogP contribution in [-0.2, 0) is 22.3 Å². The minimum Gasteiger partial charge on any atom is -0.394 e. The zero-order valence-electron chi connectivity index (χ0n) is 14.3. The summed E-state index contributed by atoms with van der Waals surface area (Å²) < 4.78 is 50.7. The van der Waals surface area contributed by atoms with Gasteiger partial charge in [-0.3, -0.25) is 14.3 Å². The molecule has 0 bridgehead atoms. The summed E-state index contributed by atoms with van der Waals surface area (Å²) in [7, 11) is 0. The highest BCUT2D eigenvalue weighted by atomic mass is 35.5. The van der Waals surface area contributed by atoms with Crippen molar-refractivity contribution < 1.29 is 27.8 Å². The smallest absolute Gasteiger partial charge is 0.394 e. The van der Waals surface area contributed by atoms with Crippen LogP contribution in [0.1, 0.15) is 23.8 Å². The van der Waals surface area contributed by atoms with Gasteiger partial charge in [0.15, 0.2) is 0 Å². The summed E-state index contributed by atoms with van der Waals surface area (Å²) in [6, 6.07) is 6.84. The molecule has 2 heterocycles. The van der Waals surface area contributed by atoms with E-state index in [1.165, 1.54) is 0 Å². The molecule has 1 aliphatic heterocycles. The van der Waals surface area contributed by atoms with Gasteiger partial charge in [-0.05, 0) is 17.7 Å². The molecule has 28 heavy (non-hydrogen) atoms. The first-order valence-electron chi connectivity index (χ1n) is 8.24. The van der Waals surface area contributed by atoms with Crippen LogP contribution in [0.2, 0.25) is 5.02 Å². The maximum absolute atomic E-state index is 13.0. The standard InChI is InChI=1S/C17H16ClF3N2O5/c18-10-3-1-9(2-4-10)8-27-12-5-14(28-13(12)7-24)23-6-11(17(19,20)21)15(25)22-16(23)26/h1-4,6,12-14,24H,5,7-8H2,(H,22,25,26). The van der Waals surface area contributed by atoms with Crippen molar-refractivity contribution in [2.45, 2.75) is 37.6 Å². The number of aromatic amines is 1. The number of hydrogen-bond acceptors (Lipinski definition) is 5. The highest BCUT2D eigenvalue weighted by Crippen LogP contribution is 2.32. The van der Waals surface area contributed by atoms with Crippen LogP contribution in [0, 0.1) is 0 Å². The van der Waals surface area contributed by atoms with Crippen LogP contribution in [-0.4, -0.2) is 33.5 Å². The highest BCUT2D eigenvalue weighted by Gasteiger charge is 2.39. The fraction of sp³-hybridized carbons (Fsp3) is 0.412. The second kappa shape index (κ2) is 8.08. The number of aliphatic hydroxyl groups excluding tert-OH is 1. The Balaban J connectivity index is 1.78. The number of aromatic nitrogens is 2. The van der Waals surface area contributed by atoms with Crippen molar-refractivity contribution in [3.63, 3.8) is 0 Å². The monoisotopic (exact) mass is 420 g/mol. The zero-order chi connectivity index (χ0) is 20.5. The van der Waals surface area contributed by atoms with Gasteiger partial charge < -0.3 is 14.6 Å². The molecule has 0 spiro atoms. The van der Waals surface area contributed by atoms with Gasteiger partial charge in [-0.1, -0.05) is 23.7 Å². The Hall–Kier alpha value is -2.14. The molecule has 0 radical (unpaired) electrons. The second-order valence-electron chi connectivity index (χ2n) is 6.23. The number of halogens is 4. The van der Waals surface area contributed by atoms with Gasteiger partial charge in [0.2, 0.25) is 0 Å². The third kappa shape index (κ3) is 4.46. The molecule has 3 atom stereocenters. The minimum absolute atomic E-state index is 0.0159. The summed E-state index contributed by atoms with van der Waals surface area (Å²) in [6.07, 6.45) is -7.13. The molecule has 0 amide bonds. The second-order valence-corrected chi connectivity index (χ2v) is 6.67. The molecular formula is C17H16ClF3N2O5. The zero-order valence-corrected chi connectivity index (χ0v) is 15.0. The Bertz CT molecular complexity index is 942. The molecular weight excluding hydrogens is 405 g/mol. The van der Waals surface area contributed by atoms with E-state index in [9.17, 15) is 27.9 Å². The maximum Gasteiger partial charge on any atom is 0.423 e. The van der Waals surface area contributed by atoms with Crippen molar-refractivity contribution in [3.05, 3.63) is 67.4 Å². The number of aliphatic hydroxyl groups is 1. The fourth-order valence-electron chi connectivity index (χ4n) is 2.90. The van der Waals surface area contributed by atoms with E-state index >= 15 is 0 Å². The summed E-state index contributed by atoms with van der Waals surface area (Å²) in [4.78, 5) is 25.0. The van der Waals surface area contributed by atoms with E-state index in [1.54, 1.807) is 29.2 Å². The van der Waals surface area contributed by atoms with E-state index in [4.69, 9.17) is 21.1 Å². The average molecular weight is 421 g/mol. The van der Waals surface area contributed by atoms with Crippen molar-refractivity contribution in [1.82, 2.24) is 9.55 Å². The van der Waals surface area contributed by atoms with Crippen LogP contribution in [0.3, 0.4) is 0 Å². The van der Waals surface area contributed by atoms with Crippen LogP contribution in [0.4, 0.5) is 13.2 Å². The lowest BCUT2D eigenvalue weighted by Gasteiger charge is -2.16. The predicted molar refractivity (Wildman–Crippen MR) is 92.0 cm³/mol. The first-order valence-corrected chi connectivity index (χ1v) is 8.62. The van der Waals surface area contributed by atoms with E-state index in [-0.39, 0.29) is 13.0 Å². The maximum atomic E-state index is 13.0. The van der Waals surface area contributed by atoms with Crippen LogP contribution in [0.15, 0.2) is 40.1 Å². The van der Waals surface area contributed by atoms with Crippen LogP contribution >= 0.6 is 11.6 Å². The first-order chi connectivity index (χ1) is 13.2. The van der Waals surface area contributed by atoms with E-state index in [0.29, 0.717) is 15.8 Å². The highest BCUT2D eigenvalue weighted by molar-refractivity contribution is 6.30. The van der Waals surface area contributed by atoms with Gasteiger partial charge in [0.1, 0.15) is 17.9 Å². The Morgan fingerprint density at radius 3 is 2.57 bits per heavy atom. The number of nitrogens with one attached hydrogen (secondary N) is 1. The Morgan fingerprint density at radius 1 is 1.29 bits per heavy atom. The molecule has 1 aromatic carbocycles. The molecule has 3 rings (SSSR count). The third-order valence-corrected chi connectivity index (χ3v) is 4.57. The van der Waals surface area contributed by atoms with Crippen molar-refractivity contribution in [2.24, 2.45) is 0 Å². The van der Waals surface area contributed by atoms with Gasteiger partial charge in [0.25, 0.3) is 5.56 Å². The number of hydrogen-bond donors (Lipinski definition) is 2. The quantitative estimate of drug-likeness (QED) is 0.772. The van der Waals surface area contributed by atoms with Crippen molar-refractivity contribution in [2.75, 3.05) is 6.61 Å². The van der Waals surface area contributed by atoms with Crippen LogP contribution in [0.5, 0.6) is 0 Å². The van der Waals surface area contributed by atoms with Gasteiger partial charge in [-0.15, -0.1) is 0 Å². The number of ether oxygens (including phenoxy) is 2. The topological polar surface area (TPSA) is 93.6 Å². The van der Waals surface area contributed by atoms with E-state index in [1.807, 2.05) is 0 Å². The molecule has 7 nitrogen and oxygen atoms in total. The Kier molecular flexibility index (Phi) is 5.94. The molecule has 1 saturated heterocycles. The number of benzene rings is 1. The van der Waals surface area contributed by atoms with Crippen molar-refractivity contribution in [3.8, 4) is 0 Å².